The molecule has 150 valence electrons. The zero-order valence-electron chi connectivity index (χ0n) is 17.1. The van der Waals surface area contributed by atoms with E-state index in [1.807, 2.05) is 6.07 Å². The van der Waals surface area contributed by atoms with E-state index >= 15 is 0 Å². The molecule has 0 unspecified atom stereocenters. The van der Waals surface area contributed by atoms with Gasteiger partial charge < -0.3 is 0 Å². The summed E-state index contributed by atoms with van der Waals surface area (Å²) >= 11 is 6.30. The van der Waals surface area contributed by atoms with Gasteiger partial charge in [-0.05, 0) is 80.5 Å². The molecule has 5 heteroatoms. The summed E-state index contributed by atoms with van der Waals surface area (Å²) in [5.41, 5.74) is 5.37. The topological polar surface area (TPSA) is 34.0 Å². The number of aryl methyl sites for hydroxylation is 1. The molecule has 4 nitrogen and oxygen atoms in total. The van der Waals surface area contributed by atoms with E-state index < -0.39 is 0 Å². The fraction of sp³-hybridized carbons (Fsp3) is 0.417. The number of nitrogens with zero attached hydrogens (tertiary/aromatic N) is 4. The lowest BCUT2D eigenvalue weighted by Gasteiger charge is -2.29. The summed E-state index contributed by atoms with van der Waals surface area (Å²) in [6.07, 6.45) is 4.75. The van der Waals surface area contributed by atoms with E-state index in [-0.39, 0.29) is 0 Å². The maximum absolute atomic E-state index is 6.30. The van der Waals surface area contributed by atoms with Crippen molar-refractivity contribution in [3.63, 3.8) is 0 Å². The third kappa shape index (κ3) is 3.49. The monoisotopic (exact) mass is 406 g/mol. The van der Waals surface area contributed by atoms with Crippen molar-refractivity contribution in [2.45, 2.75) is 57.5 Å². The average molecular weight is 407 g/mol. The summed E-state index contributed by atoms with van der Waals surface area (Å²) < 4.78 is 2.31. The molecule has 1 aliphatic heterocycles. The van der Waals surface area contributed by atoms with Gasteiger partial charge in [0.15, 0.2) is 5.82 Å². The Morgan fingerprint density at radius 2 is 1.69 bits per heavy atom. The second-order valence-corrected chi connectivity index (χ2v) is 9.10. The molecule has 3 aromatic rings. The van der Waals surface area contributed by atoms with Gasteiger partial charge in [-0.3, -0.25) is 9.47 Å². The maximum Gasteiger partial charge on any atom is 0.151 e. The Balaban J connectivity index is 1.45. The summed E-state index contributed by atoms with van der Waals surface area (Å²) in [5, 5.41) is 10.1. The molecule has 0 bridgehead atoms. The van der Waals surface area contributed by atoms with E-state index in [0.29, 0.717) is 11.8 Å². The second kappa shape index (κ2) is 7.58. The van der Waals surface area contributed by atoms with E-state index in [4.69, 9.17) is 11.6 Å². The lowest BCUT2D eigenvalue weighted by Crippen LogP contribution is -2.17. The zero-order chi connectivity index (χ0) is 20.0. The predicted molar refractivity (Wildman–Crippen MR) is 117 cm³/mol. The van der Waals surface area contributed by atoms with Gasteiger partial charge in [0.1, 0.15) is 5.82 Å². The number of fused-ring (bicyclic) bond motifs is 3. The van der Waals surface area contributed by atoms with Gasteiger partial charge in [-0.15, -0.1) is 10.2 Å². The fourth-order valence-electron chi connectivity index (χ4n) is 5.15. The first kappa shape index (κ1) is 18.8. The highest BCUT2D eigenvalue weighted by molar-refractivity contribution is 6.30. The number of aromatic nitrogens is 3. The summed E-state index contributed by atoms with van der Waals surface area (Å²) in [5.74, 6) is 3.28. The van der Waals surface area contributed by atoms with Crippen molar-refractivity contribution < 1.29 is 0 Å². The van der Waals surface area contributed by atoms with Crippen LogP contribution in [0.4, 0.5) is 0 Å². The normalized spacial score (nSPS) is 22.0. The molecular weight excluding hydrogens is 380 g/mol. The molecule has 5 rings (SSSR count). The van der Waals surface area contributed by atoms with E-state index in [2.05, 4.69) is 70.0 Å². The smallest absolute Gasteiger partial charge is 0.151 e. The van der Waals surface area contributed by atoms with E-state index in [1.165, 1.54) is 35.2 Å². The molecule has 1 saturated carbocycles. The Labute approximate surface area is 177 Å². The Morgan fingerprint density at radius 3 is 2.48 bits per heavy atom. The molecule has 2 aromatic carbocycles. The highest BCUT2D eigenvalue weighted by atomic mass is 35.5. The summed E-state index contributed by atoms with van der Waals surface area (Å²) in [7, 11) is 2.13. The minimum atomic E-state index is 0.462. The summed E-state index contributed by atoms with van der Waals surface area (Å²) in [6, 6.07) is 15.0. The number of halogens is 1. The molecule has 1 aliphatic carbocycles. The van der Waals surface area contributed by atoms with E-state index in [0.717, 1.165) is 42.6 Å². The van der Waals surface area contributed by atoms with Crippen LogP contribution in [0.2, 0.25) is 5.02 Å². The predicted octanol–water partition coefficient (Wildman–Crippen LogP) is 5.62. The Kier molecular flexibility index (Phi) is 4.92. The van der Waals surface area contributed by atoms with Gasteiger partial charge in [-0.1, -0.05) is 35.9 Å². The highest BCUT2D eigenvalue weighted by Crippen LogP contribution is 2.42. The molecule has 2 heterocycles. The largest absolute Gasteiger partial charge is 0.295 e. The lowest BCUT2D eigenvalue weighted by atomic mass is 9.77. The van der Waals surface area contributed by atoms with Crippen LogP contribution in [0.25, 0.3) is 5.69 Å². The SMILES string of the molecule is Cc1ccccc1[C@H]1CC[C@H](c2nnc3n2-c2ccc(Cl)cc2CN(C)C3)CC1. The third-order valence-corrected chi connectivity index (χ3v) is 6.84. The summed E-state index contributed by atoms with van der Waals surface area (Å²) in [4.78, 5) is 2.28. The van der Waals surface area contributed by atoms with Crippen LogP contribution in [0.1, 0.15) is 65.9 Å². The molecule has 0 spiro atoms. The molecular formula is C24H27ClN4. The molecule has 0 saturated heterocycles. The van der Waals surface area contributed by atoms with Gasteiger partial charge in [0.05, 0.1) is 12.2 Å². The van der Waals surface area contributed by atoms with Crippen molar-refractivity contribution in [2.75, 3.05) is 7.05 Å². The third-order valence-electron chi connectivity index (χ3n) is 6.61. The first-order valence-corrected chi connectivity index (χ1v) is 10.9. The molecule has 0 atom stereocenters. The Bertz CT molecular complexity index is 1030. The Morgan fingerprint density at radius 1 is 0.931 bits per heavy atom. The van der Waals surface area contributed by atoms with Gasteiger partial charge in [-0.25, -0.2) is 0 Å². The van der Waals surface area contributed by atoms with Gasteiger partial charge in [0, 0.05) is 17.5 Å². The van der Waals surface area contributed by atoms with Gasteiger partial charge in [0.2, 0.25) is 0 Å². The quantitative estimate of drug-likeness (QED) is 0.554. The van der Waals surface area contributed by atoms with Crippen molar-refractivity contribution in [3.05, 3.63) is 75.8 Å². The van der Waals surface area contributed by atoms with Crippen molar-refractivity contribution >= 4 is 11.6 Å². The highest BCUT2D eigenvalue weighted by Gasteiger charge is 2.30. The molecule has 1 fully saturated rings. The van der Waals surface area contributed by atoms with Gasteiger partial charge in [-0.2, -0.15) is 0 Å². The van der Waals surface area contributed by atoms with Crippen LogP contribution in [-0.4, -0.2) is 26.7 Å². The van der Waals surface area contributed by atoms with Crippen molar-refractivity contribution in [1.82, 2.24) is 19.7 Å². The van der Waals surface area contributed by atoms with Crippen LogP contribution in [0, 0.1) is 6.92 Å². The van der Waals surface area contributed by atoms with Crippen molar-refractivity contribution in [2.24, 2.45) is 0 Å². The average Bonchev–Trinajstić information content (AvgIpc) is 3.06. The standard InChI is InChI=1S/C24H27ClN4/c1-16-5-3-4-6-21(16)17-7-9-18(10-8-17)24-27-26-23-15-28(2)14-19-13-20(25)11-12-22(19)29(23)24/h3-6,11-13,17-18H,7-10,14-15H2,1-2H3/t17-,18-. The zero-order valence-corrected chi connectivity index (χ0v) is 17.9. The molecule has 29 heavy (non-hydrogen) atoms. The molecule has 2 aliphatic rings. The van der Waals surface area contributed by atoms with Crippen LogP contribution < -0.4 is 0 Å². The van der Waals surface area contributed by atoms with Crippen LogP contribution in [0.3, 0.4) is 0 Å². The first-order chi connectivity index (χ1) is 14.1. The lowest BCUT2D eigenvalue weighted by molar-refractivity contribution is 0.315. The first-order valence-electron chi connectivity index (χ1n) is 10.6. The molecule has 0 radical (unpaired) electrons. The maximum atomic E-state index is 6.30. The van der Waals surface area contributed by atoms with Crippen molar-refractivity contribution in [1.29, 1.82) is 0 Å². The molecule has 0 amide bonds. The fourth-order valence-corrected chi connectivity index (χ4v) is 5.35. The number of hydrogen-bond acceptors (Lipinski definition) is 3. The minimum Gasteiger partial charge on any atom is -0.295 e. The number of hydrogen-bond donors (Lipinski definition) is 0. The second-order valence-electron chi connectivity index (χ2n) is 8.66. The van der Waals surface area contributed by atoms with E-state index in [1.54, 1.807) is 0 Å². The minimum absolute atomic E-state index is 0.462. The van der Waals surface area contributed by atoms with Crippen molar-refractivity contribution in [3.8, 4) is 5.69 Å². The Hall–Kier alpha value is -2.17. The van der Waals surface area contributed by atoms with Crippen LogP contribution in [-0.2, 0) is 13.1 Å². The van der Waals surface area contributed by atoms with Gasteiger partial charge >= 0.3 is 0 Å². The van der Waals surface area contributed by atoms with Crippen LogP contribution in [0.15, 0.2) is 42.5 Å². The number of rotatable bonds is 2. The number of benzene rings is 2. The van der Waals surface area contributed by atoms with Crippen LogP contribution >= 0.6 is 11.6 Å². The van der Waals surface area contributed by atoms with E-state index in [9.17, 15) is 0 Å². The molecule has 1 aromatic heterocycles. The van der Waals surface area contributed by atoms with Gasteiger partial charge in [0.25, 0.3) is 0 Å². The molecule has 0 N–H and O–H groups in total. The van der Waals surface area contributed by atoms with Crippen LogP contribution in [0.5, 0.6) is 0 Å². The summed E-state index contributed by atoms with van der Waals surface area (Å²) in [6.45, 7) is 3.91.